The highest BCUT2D eigenvalue weighted by molar-refractivity contribution is 4.86. The second-order valence-corrected chi connectivity index (χ2v) is 4.98. The van der Waals surface area contributed by atoms with Crippen LogP contribution >= 0.6 is 0 Å². The topological polar surface area (TPSA) is 0 Å². The zero-order valence-corrected chi connectivity index (χ0v) is 9.30. The zero-order chi connectivity index (χ0) is 9.30. The van der Waals surface area contributed by atoms with Gasteiger partial charge in [0.05, 0.1) is 0 Å². The van der Waals surface area contributed by atoms with Crippen LogP contribution in [0.2, 0.25) is 0 Å². The molecule has 0 saturated heterocycles. The summed E-state index contributed by atoms with van der Waals surface area (Å²) in [6.45, 7) is 12.0. The van der Waals surface area contributed by atoms with E-state index in [2.05, 4.69) is 34.6 Å². The summed E-state index contributed by atoms with van der Waals surface area (Å²) >= 11 is 0. The molecule has 0 nitrogen and oxygen atoms in total. The van der Waals surface area contributed by atoms with Crippen LogP contribution < -0.4 is 0 Å². The fraction of sp³-hybridized carbons (Fsp3) is 1.00. The van der Waals surface area contributed by atoms with Crippen molar-refractivity contribution in [1.82, 2.24) is 0 Å². The van der Waals surface area contributed by atoms with Gasteiger partial charge in [-0.1, -0.05) is 41.0 Å². The summed E-state index contributed by atoms with van der Waals surface area (Å²) < 4.78 is 0. The molecule has 0 heteroatoms. The lowest BCUT2D eigenvalue weighted by Gasteiger charge is -2.23. The molecule has 1 aliphatic rings. The first-order valence-corrected chi connectivity index (χ1v) is 5.57. The van der Waals surface area contributed by atoms with Crippen molar-refractivity contribution in [1.29, 1.82) is 0 Å². The molecule has 0 N–H and O–H groups in total. The van der Waals surface area contributed by atoms with Gasteiger partial charge in [0, 0.05) is 0 Å². The van der Waals surface area contributed by atoms with E-state index in [1.807, 2.05) is 0 Å². The molecule has 0 heterocycles. The molecule has 5 unspecified atom stereocenters. The molecular formula is C12H24. The van der Waals surface area contributed by atoms with Gasteiger partial charge in [-0.2, -0.15) is 0 Å². The average molecular weight is 168 g/mol. The van der Waals surface area contributed by atoms with Gasteiger partial charge in [-0.3, -0.25) is 0 Å². The Kier molecular flexibility index (Phi) is 3.20. The Balaban J connectivity index is 2.58. The third kappa shape index (κ3) is 1.67. The Morgan fingerprint density at radius 1 is 1.17 bits per heavy atom. The number of rotatable bonds is 2. The molecule has 0 amide bonds. The van der Waals surface area contributed by atoms with Crippen molar-refractivity contribution >= 4 is 0 Å². The van der Waals surface area contributed by atoms with E-state index in [-0.39, 0.29) is 0 Å². The van der Waals surface area contributed by atoms with E-state index in [1.54, 1.807) is 0 Å². The Morgan fingerprint density at radius 3 is 2.08 bits per heavy atom. The van der Waals surface area contributed by atoms with E-state index >= 15 is 0 Å². The fourth-order valence-corrected chi connectivity index (χ4v) is 2.82. The molecule has 0 aromatic heterocycles. The van der Waals surface area contributed by atoms with Crippen molar-refractivity contribution in [2.75, 3.05) is 0 Å². The zero-order valence-electron chi connectivity index (χ0n) is 9.30. The van der Waals surface area contributed by atoms with Crippen LogP contribution in [0, 0.1) is 29.6 Å². The largest absolute Gasteiger partial charge is 0.0651 e. The minimum absolute atomic E-state index is 0.937. The first-order valence-electron chi connectivity index (χ1n) is 5.57. The van der Waals surface area contributed by atoms with Crippen LogP contribution in [0.25, 0.3) is 0 Å². The first-order chi connectivity index (χ1) is 5.57. The van der Waals surface area contributed by atoms with Gasteiger partial charge in [0.25, 0.3) is 0 Å². The van der Waals surface area contributed by atoms with Crippen molar-refractivity contribution in [2.24, 2.45) is 29.6 Å². The molecule has 1 rings (SSSR count). The van der Waals surface area contributed by atoms with Crippen LogP contribution in [0.15, 0.2) is 0 Å². The molecule has 0 spiro atoms. The minimum Gasteiger partial charge on any atom is -0.0651 e. The van der Waals surface area contributed by atoms with Crippen LogP contribution in [0.4, 0.5) is 0 Å². The molecule has 0 radical (unpaired) electrons. The maximum atomic E-state index is 2.45. The summed E-state index contributed by atoms with van der Waals surface area (Å²) in [6, 6.07) is 0. The highest BCUT2D eigenvalue weighted by Crippen LogP contribution is 2.44. The second-order valence-electron chi connectivity index (χ2n) is 4.98. The van der Waals surface area contributed by atoms with Gasteiger partial charge >= 0.3 is 0 Å². The molecule has 0 aromatic rings. The monoisotopic (exact) mass is 168 g/mol. The van der Waals surface area contributed by atoms with Gasteiger partial charge in [-0.05, 0) is 36.0 Å². The molecule has 0 aliphatic heterocycles. The maximum Gasteiger partial charge on any atom is -0.0358 e. The molecule has 1 saturated carbocycles. The molecular weight excluding hydrogens is 144 g/mol. The summed E-state index contributed by atoms with van der Waals surface area (Å²) in [5.74, 6) is 4.80. The predicted molar refractivity (Wildman–Crippen MR) is 55.1 cm³/mol. The molecule has 72 valence electrons. The third-order valence-electron chi connectivity index (χ3n) is 4.42. The van der Waals surface area contributed by atoms with E-state index < -0.39 is 0 Å². The van der Waals surface area contributed by atoms with Crippen LogP contribution in [0.5, 0.6) is 0 Å². The van der Waals surface area contributed by atoms with Gasteiger partial charge in [0.2, 0.25) is 0 Å². The van der Waals surface area contributed by atoms with Crippen molar-refractivity contribution in [2.45, 2.75) is 47.5 Å². The van der Waals surface area contributed by atoms with E-state index in [4.69, 9.17) is 0 Å². The molecule has 0 bridgehead atoms. The van der Waals surface area contributed by atoms with Gasteiger partial charge in [0.1, 0.15) is 0 Å². The maximum absolute atomic E-state index is 2.45. The second kappa shape index (κ2) is 3.81. The highest BCUT2D eigenvalue weighted by Gasteiger charge is 2.37. The van der Waals surface area contributed by atoms with E-state index in [1.165, 1.54) is 12.8 Å². The lowest BCUT2D eigenvalue weighted by Crippen LogP contribution is -2.16. The van der Waals surface area contributed by atoms with Crippen LogP contribution in [-0.4, -0.2) is 0 Å². The lowest BCUT2D eigenvalue weighted by molar-refractivity contribution is 0.260. The molecule has 1 fully saturated rings. The first kappa shape index (κ1) is 10.1. The van der Waals surface area contributed by atoms with E-state index in [0.29, 0.717) is 0 Å². The van der Waals surface area contributed by atoms with Gasteiger partial charge in [0.15, 0.2) is 0 Å². The summed E-state index contributed by atoms with van der Waals surface area (Å²) in [6.07, 6.45) is 2.83. The summed E-state index contributed by atoms with van der Waals surface area (Å²) in [5, 5.41) is 0. The minimum atomic E-state index is 0.937. The standard InChI is InChI=1S/C12H24/c1-6-8(2)12-7-9(3)10(4)11(12)5/h8-12H,6-7H2,1-5H3. The van der Waals surface area contributed by atoms with Crippen LogP contribution in [-0.2, 0) is 0 Å². The van der Waals surface area contributed by atoms with Crippen molar-refractivity contribution in [3.05, 3.63) is 0 Å². The number of hydrogen-bond donors (Lipinski definition) is 0. The predicted octanol–water partition coefficient (Wildman–Crippen LogP) is 3.96. The lowest BCUT2D eigenvalue weighted by atomic mass is 9.82. The molecule has 12 heavy (non-hydrogen) atoms. The quantitative estimate of drug-likeness (QED) is 0.585. The van der Waals surface area contributed by atoms with Gasteiger partial charge in [-0.25, -0.2) is 0 Å². The highest BCUT2D eigenvalue weighted by atomic mass is 14.4. The summed E-state index contributed by atoms with van der Waals surface area (Å²) in [4.78, 5) is 0. The van der Waals surface area contributed by atoms with Crippen molar-refractivity contribution in [3.63, 3.8) is 0 Å². The van der Waals surface area contributed by atoms with Gasteiger partial charge in [-0.15, -0.1) is 0 Å². The van der Waals surface area contributed by atoms with Crippen molar-refractivity contribution in [3.8, 4) is 0 Å². The smallest absolute Gasteiger partial charge is 0.0358 e. The average Bonchev–Trinajstić information content (AvgIpc) is 2.32. The fourth-order valence-electron chi connectivity index (χ4n) is 2.82. The third-order valence-corrected chi connectivity index (χ3v) is 4.42. The van der Waals surface area contributed by atoms with Crippen LogP contribution in [0.3, 0.4) is 0 Å². The Morgan fingerprint density at radius 2 is 1.75 bits per heavy atom. The number of hydrogen-bond acceptors (Lipinski definition) is 0. The Labute approximate surface area is 77.7 Å². The Bertz CT molecular complexity index is 139. The molecule has 0 aromatic carbocycles. The van der Waals surface area contributed by atoms with E-state index in [9.17, 15) is 0 Å². The Hall–Kier alpha value is 0. The molecule has 5 atom stereocenters. The van der Waals surface area contributed by atoms with E-state index in [0.717, 1.165) is 29.6 Å². The normalized spacial score (nSPS) is 44.8. The van der Waals surface area contributed by atoms with Crippen LogP contribution in [0.1, 0.15) is 47.5 Å². The summed E-state index contributed by atoms with van der Waals surface area (Å²) in [5.41, 5.74) is 0. The van der Waals surface area contributed by atoms with Gasteiger partial charge < -0.3 is 0 Å². The SMILES string of the molecule is CCC(C)C1CC(C)C(C)C1C. The van der Waals surface area contributed by atoms with Crippen molar-refractivity contribution < 1.29 is 0 Å². The molecule has 1 aliphatic carbocycles. The summed E-state index contributed by atoms with van der Waals surface area (Å²) in [7, 11) is 0.